The molecule has 0 bridgehead atoms. The molecule has 0 aliphatic heterocycles. The summed E-state index contributed by atoms with van der Waals surface area (Å²) in [6.45, 7) is 4.84. The molecule has 0 saturated carbocycles. The van der Waals surface area contributed by atoms with Gasteiger partial charge in [0.2, 0.25) is 0 Å². The molecule has 0 saturated heterocycles. The second kappa shape index (κ2) is 8.22. The van der Waals surface area contributed by atoms with Gasteiger partial charge in [-0.3, -0.25) is 14.4 Å². The molecule has 1 N–H and O–H groups in total. The van der Waals surface area contributed by atoms with Crippen LogP contribution in [0.2, 0.25) is 0 Å². The van der Waals surface area contributed by atoms with E-state index in [1.165, 1.54) is 14.0 Å². The molecule has 0 aliphatic carbocycles. The molecule has 0 amide bonds. The average molecular weight is 204 g/mol. The molecular formula is C9H16O5. The number of methoxy groups -OCH3 is 1. The Morgan fingerprint density at radius 2 is 1.71 bits per heavy atom. The highest BCUT2D eigenvalue weighted by molar-refractivity contribution is 5.93. The van der Waals surface area contributed by atoms with E-state index in [1.54, 1.807) is 13.8 Å². The van der Waals surface area contributed by atoms with Gasteiger partial charge in [-0.05, 0) is 6.92 Å². The molecule has 0 aromatic heterocycles. The zero-order valence-corrected chi connectivity index (χ0v) is 8.86. The number of ether oxygens (including phenoxy) is 1. The summed E-state index contributed by atoms with van der Waals surface area (Å²) in [6.07, 6.45) is -0.361. The fourth-order valence-electron chi connectivity index (χ4n) is 0.449. The Kier molecular flexibility index (Phi) is 8.86. The molecule has 0 spiro atoms. The maximum atomic E-state index is 10.3. The van der Waals surface area contributed by atoms with Gasteiger partial charge in [-0.2, -0.15) is 0 Å². The van der Waals surface area contributed by atoms with E-state index in [0.29, 0.717) is 0 Å². The van der Waals surface area contributed by atoms with Crippen LogP contribution >= 0.6 is 0 Å². The van der Waals surface area contributed by atoms with Crippen molar-refractivity contribution in [3.63, 3.8) is 0 Å². The highest BCUT2D eigenvalue weighted by atomic mass is 16.5. The van der Waals surface area contributed by atoms with Gasteiger partial charge in [-0.25, -0.2) is 0 Å². The molecule has 82 valence electrons. The third-order valence-corrected chi connectivity index (χ3v) is 1.07. The summed E-state index contributed by atoms with van der Waals surface area (Å²) in [5.74, 6) is -1.52. The van der Waals surface area contributed by atoms with Crippen LogP contribution in [0.1, 0.15) is 27.2 Å². The zero-order valence-electron chi connectivity index (χ0n) is 8.86. The highest BCUT2D eigenvalue weighted by Gasteiger charge is 2.03. The lowest BCUT2D eigenvalue weighted by Crippen LogP contribution is -2.07. The molecule has 0 aromatic rings. The van der Waals surface area contributed by atoms with Crippen LogP contribution in [0, 0.1) is 5.92 Å². The number of hydrogen-bond acceptors (Lipinski definition) is 4. The molecule has 0 heterocycles. The van der Waals surface area contributed by atoms with E-state index >= 15 is 0 Å². The van der Waals surface area contributed by atoms with Crippen LogP contribution in [-0.4, -0.2) is 29.9 Å². The average Bonchev–Trinajstić information content (AvgIpc) is 2.01. The first-order valence-corrected chi connectivity index (χ1v) is 4.10. The summed E-state index contributed by atoms with van der Waals surface area (Å²) in [6, 6.07) is 0. The number of carboxylic acid groups (broad SMARTS) is 1. The van der Waals surface area contributed by atoms with Crippen molar-refractivity contribution in [2.45, 2.75) is 27.2 Å². The Bertz CT molecular complexity index is 195. The second-order valence-electron chi connectivity index (χ2n) is 2.95. The van der Waals surface area contributed by atoms with Gasteiger partial charge in [-0.15, -0.1) is 0 Å². The van der Waals surface area contributed by atoms with Crippen molar-refractivity contribution < 1.29 is 24.2 Å². The standard InChI is InChI=1S/C5H10O2.C4H6O3/c1-4(2)5(6)7-3;1-3(5)2-4(6)7/h4H,1-3H3;2H2,1H3,(H,6,7). The van der Waals surface area contributed by atoms with Crippen molar-refractivity contribution >= 4 is 17.7 Å². The predicted molar refractivity (Wildman–Crippen MR) is 49.8 cm³/mol. The van der Waals surface area contributed by atoms with Crippen LogP contribution < -0.4 is 0 Å². The van der Waals surface area contributed by atoms with E-state index in [2.05, 4.69) is 4.74 Å². The minimum Gasteiger partial charge on any atom is -0.481 e. The van der Waals surface area contributed by atoms with E-state index in [4.69, 9.17) is 5.11 Å². The summed E-state index contributed by atoms with van der Waals surface area (Å²) in [5.41, 5.74) is 0. The number of rotatable bonds is 3. The smallest absolute Gasteiger partial charge is 0.310 e. The van der Waals surface area contributed by atoms with E-state index < -0.39 is 5.97 Å². The Balaban J connectivity index is 0. The molecule has 0 atom stereocenters. The molecular weight excluding hydrogens is 188 g/mol. The van der Waals surface area contributed by atoms with Crippen molar-refractivity contribution in [3.05, 3.63) is 0 Å². The SMILES string of the molecule is CC(=O)CC(=O)O.COC(=O)C(C)C. The summed E-state index contributed by atoms with van der Waals surface area (Å²) >= 11 is 0. The summed E-state index contributed by atoms with van der Waals surface area (Å²) in [5, 5.41) is 7.86. The number of Topliss-reactive ketones (excluding diaryl/α,β-unsaturated/α-hetero) is 1. The molecule has 0 radical (unpaired) electrons. The molecule has 0 fully saturated rings. The number of hydrogen-bond donors (Lipinski definition) is 1. The maximum absolute atomic E-state index is 10.3. The van der Waals surface area contributed by atoms with Gasteiger partial charge in [0.1, 0.15) is 12.2 Å². The van der Waals surface area contributed by atoms with Crippen molar-refractivity contribution in [2.75, 3.05) is 7.11 Å². The lowest BCUT2D eigenvalue weighted by molar-refractivity contribution is -0.144. The Labute approximate surface area is 83.1 Å². The van der Waals surface area contributed by atoms with E-state index in [0.717, 1.165) is 0 Å². The van der Waals surface area contributed by atoms with Gasteiger partial charge in [0, 0.05) is 0 Å². The zero-order chi connectivity index (χ0) is 11.7. The Morgan fingerprint density at radius 3 is 1.71 bits per heavy atom. The number of carboxylic acids is 1. The lowest BCUT2D eigenvalue weighted by atomic mass is 10.2. The fraction of sp³-hybridized carbons (Fsp3) is 0.667. The number of carbonyl (C=O) groups excluding carboxylic acids is 2. The third-order valence-electron chi connectivity index (χ3n) is 1.07. The van der Waals surface area contributed by atoms with Crippen LogP contribution in [0.5, 0.6) is 0 Å². The van der Waals surface area contributed by atoms with Crippen LogP contribution in [0.3, 0.4) is 0 Å². The summed E-state index contributed by atoms with van der Waals surface area (Å²) in [7, 11) is 1.39. The second-order valence-corrected chi connectivity index (χ2v) is 2.95. The van der Waals surface area contributed by atoms with Gasteiger partial charge in [-0.1, -0.05) is 13.8 Å². The van der Waals surface area contributed by atoms with Crippen LogP contribution in [-0.2, 0) is 19.1 Å². The van der Waals surface area contributed by atoms with Gasteiger partial charge in [0.25, 0.3) is 0 Å². The molecule has 0 rings (SSSR count). The third kappa shape index (κ3) is 13.2. The molecule has 5 nitrogen and oxygen atoms in total. The van der Waals surface area contributed by atoms with Crippen molar-refractivity contribution in [1.29, 1.82) is 0 Å². The first kappa shape index (κ1) is 15.1. The number of aliphatic carboxylic acids is 1. The number of esters is 1. The molecule has 5 heteroatoms. The largest absolute Gasteiger partial charge is 0.481 e. The molecule has 0 aromatic carbocycles. The van der Waals surface area contributed by atoms with Crippen LogP contribution in [0.15, 0.2) is 0 Å². The van der Waals surface area contributed by atoms with Crippen molar-refractivity contribution in [2.24, 2.45) is 5.92 Å². The van der Waals surface area contributed by atoms with Gasteiger partial charge < -0.3 is 9.84 Å². The normalized spacial score (nSPS) is 8.64. The van der Waals surface area contributed by atoms with E-state index in [9.17, 15) is 14.4 Å². The number of ketones is 1. The minimum atomic E-state index is -1.06. The predicted octanol–water partition coefficient (Wildman–Crippen LogP) is 0.865. The van der Waals surface area contributed by atoms with Gasteiger partial charge in [0.05, 0.1) is 13.0 Å². The first-order chi connectivity index (χ1) is 6.31. The van der Waals surface area contributed by atoms with Gasteiger partial charge in [0.15, 0.2) is 0 Å². The Morgan fingerprint density at radius 1 is 1.29 bits per heavy atom. The number of carbonyl (C=O) groups is 3. The fourth-order valence-corrected chi connectivity index (χ4v) is 0.449. The molecule has 0 unspecified atom stereocenters. The van der Waals surface area contributed by atoms with Crippen molar-refractivity contribution in [1.82, 2.24) is 0 Å². The first-order valence-electron chi connectivity index (χ1n) is 4.10. The summed E-state index contributed by atoms with van der Waals surface area (Å²) < 4.78 is 4.37. The molecule has 0 aliphatic rings. The van der Waals surface area contributed by atoms with Crippen LogP contribution in [0.4, 0.5) is 0 Å². The monoisotopic (exact) mass is 204 g/mol. The van der Waals surface area contributed by atoms with E-state index in [1.807, 2.05) is 0 Å². The summed E-state index contributed by atoms with van der Waals surface area (Å²) in [4.78, 5) is 29.8. The van der Waals surface area contributed by atoms with Crippen LogP contribution in [0.25, 0.3) is 0 Å². The Hall–Kier alpha value is -1.39. The quantitative estimate of drug-likeness (QED) is 0.544. The highest BCUT2D eigenvalue weighted by Crippen LogP contribution is 1.91. The van der Waals surface area contributed by atoms with Crippen molar-refractivity contribution in [3.8, 4) is 0 Å². The topological polar surface area (TPSA) is 80.7 Å². The van der Waals surface area contributed by atoms with E-state index in [-0.39, 0.29) is 24.1 Å². The lowest BCUT2D eigenvalue weighted by Gasteiger charge is -1.97. The maximum Gasteiger partial charge on any atom is 0.310 e. The van der Waals surface area contributed by atoms with Gasteiger partial charge >= 0.3 is 11.9 Å². The minimum absolute atomic E-state index is 0.00463. The molecule has 14 heavy (non-hydrogen) atoms.